The first kappa shape index (κ1) is 35.6. The highest BCUT2D eigenvalue weighted by molar-refractivity contribution is 7.26. The number of para-hydroxylation sites is 3. The van der Waals surface area contributed by atoms with Crippen molar-refractivity contribution in [3.63, 3.8) is 0 Å². The van der Waals surface area contributed by atoms with Gasteiger partial charge in [0.1, 0.15) is 0 Å². The average Bonchev–Trinajstić information content (AvgIpc) is 4.02. The summed E-state index contributed by atoms with van der Waals surface area (Å²) >= 11 is 1.86. The fraction of sp³-hybridized carbons (Fsp3) is 0. The number of aromatic nitrogens is 5. The zero-order valence-electron chi connectivity index (χ0n) is 33.9. The van der Waals surface area contributed by atoms with Crippen LogP contribution < -0.4 is 0 Å². The first-order valence-electron chi connectivity index (χ1n) is 21.2. The molecule has 0 aliphatic carbocycles. The maximum atomic E-state index is 5.39. The van der Waals surface area contributed by atoms with Crippen LogP contribution >= 0.6 is 11.3 Å². The lowest BCUT2D eigenvalue weighted by atomic mass is 9.97. The zero-order chi connectivity index (χ0) is 41.4. The maximum absolute atomic E-state index is 5.39. The standard InChI is InChI=1S/C57H35N5S/c1-2-14-36(15-3-1)40-32-33-46-45-20-6-10-26-51(45)62(52(46)35-40)57-59-55(58-56(60-57)61-49-24-8-4-18-43(49)44-19-5-9-25-50(44)61)38-30-28-37(29-31-38)39-16-12-17-41(34-39)42-22-13-23-48-47-21-7-11-27-53(47)63-54(42)48/h1-35H. The summed E-state index contributed by atoms with van der Waals surface area (Å²) in [6.45, 7) is 0. The van der Waals surface area contributed by atoms with E-state index in [1.807, 2.05) is 11.3 Å². The van der Waals surface area contributed by atoms with Crippen molar-refractivity contribution >= 4 is 75.1 Å². The zero-order valence-corrected chi connectivity index (χ0v) is 34.7. The SMILES string of the molecule is c1ccc(-c2ccc3c4ccccc4n(-c4nc(-c5ccc(-c6cccc(-c7cccc8c7sc7ccccc78)c6)cc5)nc(-n5c6ccccc6c6ccccc65)n4)c3c2)cc1. The molecular weight excluding hydrogens is 787 g/mol. The fourth-order valence-corrected chi connectivity index (χ4v) is 10.7. The van der Waals surface area contributed by atoms with E-state index in [2.05, 4.69) is 221 Å². The lowest BCUT2D eigenvalue weighted by molar-refractivity contribution is 0.893. The Morgan fingerprint density at radius 3 is 1.48 bits per heavy atom. The van der Waals surface area contributed by atoms with E-state index in [-0.39, 0.29) is 0 Å². The van der Waals surface area contributed by atoms with Gasteiger partial charge in [0.2, 0.25) is 11.9 Å². The highest BCUT2D eigenvalue weighted by Crippen LogP contribution is 2.41. The minimum absolute atomic E-state index is 0.556. The van der Waals surface area contributed by atoms with Crippen LogP contribution in [0.25, 0.3) is 120 Å². The Labute approximate surface area is 366 Å². The smallest absolute Gasteiger partial charge is 0.240 e. The van der Waals surface area contributed by atoms with Crippen LogP contribution in [0.1, 0.15) is 0 Å². The summed E-state index contributed by atoms with van der Waals surface area (Å²) in [5.74, 6) is 1.71. The molecule has 13 rings (SSSR count). The Morgan fingerprint density at radius 1 is 0.302 bits per heavy atom. The second kappa shape index (κ2) is 14.2. The molecule has 294 valence electrons. The molecule has 0 saturated carbocycles. The van der Waals surface area contributed by atoms with E-state index in [1.54, 1.807) is 0 Å². The quantitative estimate of drug-likeness (QED) is 0.168. The minimum Gasteiger partial charge on any atom is -0.278 e. The number of thiophene rings is 1. The molecule has 0 amide bonds. The highest BCUT2D eigenvalue weighted by atomic mass is 32.1. The number of hydrogen-bond acceptors (Lipinski definition) is 4. The second-order valence-corrected chi connectivity index (χ2v) is 17.1. The van der Waals surface area contributed by atoms with Crippen molar-refractivity contribution in [1.29, 1.82) is 0 Å². The first-order chi connectivity index (χ1) is 31.2. The molecule has 0 aliphatic heterocycles. The molecule has 6 heteroatoms. The van der Waals surface area contributed by atoms with Gasteiger partial charge in [-0.3, -0.25) is 9.13 Å². The normalized spacial score (nSPS) is 11.8. The fourth-order valence-electron chi connectivity index (χ4n) is 9.47. The van der Waals surface area contributed by atoms with Crippen LogP contribution in [0, 0.1) is 0 Å². The lowest BCUT2D eigenvalue weighted by Gasteiger charge is -2.13. The minimum atomic E-state index is 0.556. The van der Waals surface area contributed by atoms with Crippen LogP contribution in [-0.4, -0.2) is 24.1 Å². The van der Waals surface area contributed by atoms with E-state index < -0.39 is 0 Å². The lowest BCUT2D eigenvalue weighted by Crippen LogP contribution is -2.10. The molecule has 9 aromatic carbocycles. The third-order valence-corrected chi connectivity index (χ3v) is 13.6. The molecule has 0 fully saturated rings. The van der Waals surface area contributed by atoms with Crippen LogP contribution in [0.5, 0.6) is 0 Å². The second-order valence-electron chi connectivity index (χ2n) is 16.0. The molecule has 63 heavy (non-hydrogen) atoms. The van der Waals surface area contributed by atoms with Gasteiger partial charge in [0.25, 0.3) is 0 Å². The molecule has 0 unspecified atom stereocenters. The number of nitrogens with zero attached hydrogens (tertiary/aromatic N) is 5. The summed E-state index contributed by atoms with van der Waals surface area (Å²) in [5, 5.41) is 7.19. The van der Waals surface area contributed by atoms with Crippen molar-refractivity contribution in [2.75, 3.05) is 0 Å². The van der Waals surface area contributed by atoms with E-state index in [0.29, 0.717) is 17.7 Å². The van der Waals surface area contributed by atoms with E-state index >= 15 is 0 Å². The molecule has 0 saturated heterocycles. The van der Waals surface area contributed by atoms with Gasteiger partial charge in [0.05, 0.1) is 22.1 Å². The van der Waals surface area contributed by atoms with Gasteiger partial charge in [-0.05, 0) is 69.8 Å². The number of fused-ring (bicyclic) bond motifs is 9. The van der Waals surface area contributed by atoms with Gasteiger partial charge < -0.3 is 0 Å². The molecule has 0 spiro atoms. The van der Waals surface area contributed by atoms with Gasteiger partial charge in [0, 0.05) is 47.3 Å². The van der Waals surface area contributed by atoms with Crippen molar-refractivity contribution in [3.05, 3.63) is 212 Å². The maximum Gasteiger partial charge on any atom is 0.240 e. The van der Waals surface area contributed by atoms with Crippen molar-refractivity contribution in [3.8, 4) is 56.7 Å². The van der Waals surface area contributed by atoms with Crippen molar-refractivity contribution < 1.29 is 0 Å². The first-order valence-corrected chi connectivity index (χ1v) is 22.0. The third-order valence-electron chi connectivity index (χ3n) is 12.4. The summed E-state index contributed by atoms with van der Waals surface area (Å²) < 4.78 is 7.01. The van der Waals surface area contributed by atoms with Crippen LogP contribution in [0.3, 0.4) is 0 Å². The van der Waals surface area contributed by atoms with E-state index in [1.165, 1.54) is 31.3 Å². The van der Waals surface area contributed by atoms with Crippen molar-refractivity contribution in [1.82, 2.24) is 24.1 Å². The Hall–Kier alpha value is -8.19. The molecule has 0 aliphatic rings. The summed E-state index contributed by atoms with van der Waals surface area (Å²) in [6.07, 6.45) is 0. The van der Waals surface area contributed by atoms with Crippen LogP contribution in [0.15, 0.2) is 212 Å². The molecule has 4 heterocycles. The van der Waals surface area contributed by atoms with E-state index in [9.17, 15) is 0 Å². The molecule has 4 aromatic heterocycles. The Balaban J connectivity index is 0.988. The topological polar surface area (TPSA) is 48.5 Å². The number of rotatable bonds is 6. The molecular formula is C57H35N5S. The summed E-state index contributed by atoms with van der Waals surface area (Å²) in [7, 11) is 0. The monoisotopic (exact) mass is 821 g/mol. The van der Waals surface area contributed by atoms with Crippen molar-refractivity contribution in [2.24, 2.45) is 0 Å². The molecule has 0 atom stereocenters. The predicted molar refractivity (Wildman–Crippen MR) is 263 cm³/mol. The van der Waals surface area contributed by atoms with Crippen LogP contribution in [0.2, 0.25) is 0 Å². The Bertz CT molecular complexity index is 3860. The summed E-state index contributed by atoms with van der Waals surface area (Å²) in [5.41, 5.74) is 12.1. The summed E-state index contributed by atoms with van der Waals surface area (Å²) in [6, 6.07) is 75.6. The van der Waals surface area contributed by atoms with Gasteiger partial charge in [-0.25, -0.2) is 0 Å². The van der Waals surface area contributed by atoms with Gasteiger partial charge in [0.15, 0.2) is 5.82 Å². The summed E-state index contributed by atoms with van der Waals surface area (Å²) in [4.78, 5) is 16.1. The van der Waals surface area contributed by atoms with Crippen LogP contribution in [-0.2, 0) is 0 Å². The van der Waals surface area contributed by atoms with E-state index in [4.69, 9.17) is 15.0 Å². The number of benzene rings is 9. The Kier molecular flexibility index (Phi) is 8.01. The molecule has 0 bridgehead atoms. The Morgan fingerprint density at radius 2 is 0.778 bits per heavy atom. The molecule has 5 nitrogen and oxygen atoms in total. The molecule has 13 aromatic rings. The number of hydrogen-bond donors (Lipinski definition) is 0. The van der Waals surface area contributed by atoms with Gasteiger partial charge in [-0.2, -0.15) is 15.0 Å². The van der Waals surface area contributed by atoms with E-state index in [0.717, 1.165) is 71.4 Å². The van der Waals surface area contributed by atoms with Gasteiger partial charge >= 0.3 is 0 Å². The van der Waals surface area contributed by atoms with Gasteiger partial charge in [-0.1, -0.05) is 176 Å². The average molecular weight is 822 g/mol. The van der Waals surface area contributed by atoms with Crippen LogP contribution in [0.4, 0.5) is 0 Å². The third kappa shape index (κ3) is 5.73. The van der Waals surface area contributed by atoms with Gasteiger partial charge in [-0.15, -0.1) is 11.3 Å². The van der Waals surface area contributed by atoms with Crippen molar-refractivity contribution in [2.45, 2.75) is 0 Å². The molecule has 0 radical (unpaired) electrons. The highest BCUT2D eigenvalue weighted by Gasteiger charge is 2.21. The largest absolute Gasteiger partial charge is 0.278 e. The predicted octanol–water partition coefficient (Wildman–Crippen LogP) is 15.1. The molecule has 0 N–H and O–H groups in total.